The molecule has 1 heterocycles. The Morgan fingerprint density at radius 3 is 2.71 bits per heavy atom. The second-order valence-electron chi connectivity index (χ2n) is 5.69. The summed E-state index contributed by atoms with van der Waals surface area (Å²) < 4.78 is 6.87. The van der Waals surface area contributed by atoms with Crippen LogP contribution in [0.25, 0.3) is 0 Å². The van der Waals surface area contributed by atoms with Crippen molar-refractivity contribution in [3.8, 4) is 0 Å². The van der Waals surface area contributed by atoms with Gasteiger partial charge in [-0.1, -0.05) is 30.3 Å². The highest BCUT2D eigenvalue weighted by Crippen LogP contribution is 2.15. The molecular weight excluding hydrogens is 304 g/mol. The summed E-state index contributed by atoms with van der Waals surface area (Å²) in [4.78, 5) is 14.4. The lowest BCUT2D eigenvalue weighted by Crippen LogP contribution is -2.27. The Morgan fingerprint density at radius 1 is 1.29 bits per heavy atom. The fraction of sp³-hybridized carbons (Fsp3) is 0.444. The predicted octanol–water partition coefficient (Wildman–Crippen LogP) is 1.95. The number of hydrogen-bond acceptors (Lipinski definition) is 5. The molecule has 0 amide bonds. The molecule has 0 bridgehead atoms. The Balaban J connectivity index is 2.16. The summed E-state index contributed by atoms with van der Waals surface area (Å²) in [5.74, 6) is -0.320. The highest BCUT2D eigenvalue weighted by Gasteiger charge is 2.19. The van der Waals surface area contributed by atoms with E-state index in [9.17, 15) is 4.79 Å². The number of esters is 1. The van der Waals surface area contributed by atoms with Crippen molar-refractivity contribution in [2.75, 3.05) is 19.7 Å². The molecule has 0 unspecified atom stereocenters. The van der Waals surface area contributed by atoms with Gasteiger partial charge in [-0.05, 0) is 25.5 Å². The second-order valence-corrected chi connectivity index (χ2v) is 5.69. The minimum Gasteiger partial charge on any atom is -0.462 e. The zero-order valence-corrected chi connectivity index (χ0v) is 14.4. The molecule has 1 aromatic carbocycles. The number of aromatic nitrogens is 2. The van der Waals surface area contributed by atoms with Crippen LogP contribution in [0.5, 0.6) is 0 Å². The summed E-state index contributed by atoms with van der Waals surface area (Å²) in [6.07, 6.45) is 2.48. The molecule has 0 saturated heterocycles. The third-order valence-electron chi connectivity index (χ3n) is 3.86. The normalized spacial score (nSPS) is 11.0. The number of rotatable bonds is 9. The molecule has 0 radical (unpaired) electrons. The molecule has 6 heteroatoms. The van der Waals surface area contributed by atoms with E-state index in [0.29, 0.717) is 25.3 Å². The second kappa shape index (κ2) is 9.20. The van der Waals surface area contributed by atoms with E-state index >= 15 is 0 Å². The lowest BCUT2D eigenvalue weighted by molar-refractivity contribution is 0.0523. The van der Waals surface area contributed by atoms with E-state index in [1.54, 1.807) is 17.8 Å². The van der Waals surface area contributed by atoms with Crippen molar-refractivity contribution in [2.45, 2.75) is 26.4 Å². The van der Waals surface area contributed by atoms with Gasteiger partial charge >= 0.3 is 5.97 Å². The van der Waals surface area contributed by atoms with E-state index in [1.165, 1.54) is 5.56 Å². The SMILES string of the molecule is CCOC(=O)c1cnn(C)c1CN(CCCN)Cc1ccccc1. The van der Waals surface area contributed by atoms with E-state index in [4.69, 9.17) is 10.5 Å². The predicted molar refractivity (Wildman–Crippen MR) is 93.4 cm³/mol. The Bertz CT molecular complexity index is 640. The van der Waals surface area contributed by atoms with Gasteiger partial charge in [0.2, 0.25) is 0 Å². The van der Waals surface area contributed by atoms with Crippen molar-refractivity contribution in [3.63, 3.8) is 0 Å². The Labute approximate surface area is 143 Å². The minimum absolute atomic E-state index is 0.320. The molecule has 0 fully saturated rings. The van der Waals surface area contributed by atoms with Crippen molar-refractivity contribution in [1.82, 2.24) is 14.7 Å². The van der Waals surface area contributed by atoms with E-state index < -0.39 is 0 Å². The molecule has 0 aliphatic heterocycles. The van der Waals surface area contributed by atoms with Gasteiger partial charge in [0.25, 0.3) is 0 Å². The van der Waals surface area contributed by atoms with Crippen LogP contribution in [-0.2, 0) is 24.9 Å². The van der Waals surface area contributed by atoms with Crippen LogP contribution < -0.4 is 5.73 Å². The first-order valence-electron chi connectivity index (χ1n) is 8.30. The van der Waals surface area contributed by atoms with Gasteiger partial charge in [0.15, 0.2) is 0 Å². The van der Waals surface area contributed by atoms with Crippen molar-refractivity contribution < 1.29 is 9.53 Å². The summed E-state index contributed by atoms with van der Waals surface area (Å²) in [5, 5.41) is 4.22. The zero-order chi connectivity index (χ0) is 17.4. The highest BCUT2D eigenvalue weighted by atomic mass is 16.5. The van der Waals surface area contributed by atoms with Gasteiger partial charge in [0, 0.05) is 26.7 Å². The first-order chi connectivity index (χ1) is 11.7. The average molecular weight is 330 g/mol. The maximum absolute atomic E-state index is 12.1. The summed E-state index contributed by atoms with van der Waals surface area (Å²) in [6.45, 7) is 5.08. The Morgan fingerprint density at radius 2 is 2.04 bits per heavy atom. The molecule has 0 aliphatic carbocycles. The zero-order valence-electron chi connectivity index (χ0n) is 14.4. The monoisotopic (exact) mass is 330 g/mol. The average Bonchev–Trinajstić information content (AvgIpc) is 2.94. The molecule has 0 aliphatic rings. The lowest BCUT2D eigenvalue weighted by atomic mass is 10.2. The first-order valence-corrected chi connectivity index (χ1v) is 8.30. The number of aryl methyl sites for hydroxylation is 1. The van der Waals surface area contributed by atoms with Crippen LogP contribution in [0, 0.1) is 0 Å². The molecule has 1 aromatic heterocycles. The van der Waals surface area contributed by atoms with Gasteiger partial charge in [-0.25, -0.2) is 4.79 Å². The number of nitrogens with two attached hydrogens (primary N) is 1. The smallest absolute Gasteiger partial charge is 0.341 e. The summed E-state index contributed by atoms with van der Waals surface area (Å²) >= 11 is 0. The standard InChI is InChI=1S/C18H26N4O2/c1-3-24-18(23)16-12-20-21(2)17(16)14-22(11-7-10-19)13-15-8-5-4-6-9-15/h4-6,8-9,12H,3,7,10-11,13-14,19H2,1-2H3. The molecule has 0 saturated carbocycles. The van der Waals surface area contributed by atoms with Crippen molar-refractivity contribution in [2.24, 2.45) is 12.8 Å². The maximum atomic E-state index is 12.1. The lowest BCUT2D eigenvalue weighted by Gasteiger charge is -2.23. The number of carbonyl (C=O) groups is 1. The molecule has 0 atom stereocenters. The van der Waals surface area contributed by atoms with Crippen LogP contribution in [0.3, 0.4) is 0 Å². The summed E-state index contributed by atoms with van der Waals surface area (Å²) in [7, 11) is 1.85. The van der Waals surface area contributed by atoms with E-state index in [-0.39, 0.29) is 5.97 Å². The third-order valence-corrected chi connectivity index (χ3v) is 3.86. The van der Waals surface area contributed by atoms with Crippen LogP contribution in [0.1, 0.15) is 35.0 Å². The summed E-state index contributed by atoms with van der Waals surface area (Å²) in [6, 6.07) is 10.3. The molecule has 2 rings (SSSR count). The van der Waals surface area contributed by atoms with Gasteiger partial charge < -0.3 is 10.5 Å². The molecule has 2 N–H and O–H groups in total. The molecule has 2 aromatic rings. The quantitative estimate of drug-likeness (QED) is 0.711. The molecule has 0 spiro atoms. The van der Waals surface area contributed by atoms with Crippen molar-refractivity contribution >= 4 is 5.97 Å². The van der Waals surface area contributed by atoms with Gasteiger partial charge in [-0.3, -0.25) is 9.58 Å². The first kappa shape index (κ1) is 18.2. The Hall–Kier alpha value is -2.18. The number of benzene rings is 1. The van der Waals surface area contributed by atoms with Gasteiger partial charge in [0.05, 0.1) is 18.5 Å². The minimum atomic E-state index is -0.320. The third kappa shape index (κ3) is 4.91. The molecule has 24 heavy (non-hydrogen) atoms. The summed E-state index contributed by atoms with van der Waals surface area (Å²) in [5.41, 5.74) is 8.30. The van der Waals surface area contributed by atoms with Crippen LogP contribution in [0.15, 0.2) is 36.5 Å². The van der Waals surface area contributed by atoms with Crippen LogP contribution >= 0.6 is 0 Å². The molecular formula is C18H26N4O2. The maximum Gasteiger partial charge on any atom is 0.341 e. The molecule has 130 valence electrons. The van der Waals surface area contributed by atoms with Gasteiger partial charge in [-0.15, -0.1) is 0 Å². The Kier molecular flexibility index (Phi) is 6.96. The van der Waals surface area contributed by atoms with Gasteiger partial charge in [0.1, 0.15) is 5.56 Å². The van der Waals surface area contributed by atoms with Gasteiger partial charge in [-0.2, -0.15) is 5.10 Å². The van der Waals surface area contributed by atoms with Crippen molar-refractivity contribution in [1.29, 1.82) is 0 Å². The number of carbonyl (C=O) groups excluding carboxylic acids is 1. The van der Waals surface area contributed by atoms with E-state index in [0.717, 1.165) is 25.2 Å². The number of nitrogens with zero attached hydrogens (tertiary/aromatic N) is 3. The van der Waals surface area contributed by atoms with Crippen LogP contribution in [-0.4, -0.2) is 40.3 Å². The fourth-order valence-electron chi connectivity index (χ4n) is 2.61. The fourth-order valence-corrected chi connectivity index (χ4v) is 2.61. The van der Waals surface area contributed by atoms with E-state index in [1.807, 2.05) is 25.2 Å². The van der Waals surface area contributed by atoms with Crippen LogP contribution in [0.2, 0.25) is 0 Å². The molecule has 6 nitrogen and oxygen atoms in total. The largest absolute Gasteiger partial charge is 0.462 e. The van der Waals surface area contributed by atoms with E-state index in [2.05, 4.69) is 22.1 Å². The number of ether oxygens (including phenoxy) is 1. The topological polar surface area (TPSA) is 73.4 Å². The van der Waals surface area contributed by atoms with Crippen LogP contribution in [0.4, 0.5) is 0 Å². The van der Waals surface area contributed by atoms with Crippen molar-refractivity contribution in [3.05, 3.63) is 53.3 Å². The number of hydrogen-bond donors (Lipinski definition) is 1. The highest BCUT2D eigenvalue weighted by molar-refractivity contribution is 5.90.